The van der Waals surface area contributed by atoms with Crippen molar-refractivity contribution in [2.45, 2.75) is 18.9 Å². The van der Waals surface area contributed by atoms with Crippen molar-refractivity contribution in [3.63, 3.8) is 0 Å². The summed E-state index contributed by atoms with van der Waals surface area (Å²) < 4.78 is 5.09. The third-order valence-electron chi connectivity index (χ3n) is 6.22. The Hall–Kier alpha value is -3.64. The van der Waals surface area contributed by atoms with Crippen LogP contribution in [0.25, 0.3) is 0 Å². The number of ether oxygens (including phenoxy) is 1. The fourth-order valence-electron chi connectivity index (χ4n) is 4.36. The normalized spacial score (nSPS) is 14.9. The molecule has 6 nitrogen and oxygen atoms in total. The van der Waals surface area contributed by atoms with Crippen molar-refractivity contribution in [2.75, 3.05) is 43.5 Å². The van der Waals surface area contributed by atoms with Crippen molar-refractivity contribution >= 4 is 23.3 Å². The second-order valence-electron chi connectivity index (χ2n) is 8.44. The molecule has 1 amide bonds. The second-order valence-corrected chi connectivity index (χ2v) is 8.44. The van der Waals surface area contributed by atoms with Gasteiger partial charge in [-0.15, -0.1) is 0 Å². The van der Waals surface area contributed by atoms with Gasteiger partial charge < -0.3 is 15.0 Å². The Morgan fingerprint density at radius 2 is 1.47 bits per heavy atom. The van der Waals surface area contributed by atoms with Gasteiger partial charge in [0.15, 0.2) is 0 Å². The molecule has 0 spiro atoms. The van der Waals surface area contributed by atoms with Gasteiger partial charge in [-0.2, -0.15) is 0 Å². The summed E-state index contributed by atoms with van der Waals surface area (Å²) in [4.78, 5) is 29.3. The fraction of sp³-hybridized carbons (Fsp3) is 0.286. The monoisotopic (exact) mass is 457 g/mol. The molecule has 3 aromatic rings. The lowest BCUT2D eigenvalue weighted by molar-refractivity contribution is -0.147. The molecule has 1 saturated heterocycles. The zero-order chi connectivity index (χ0) is 23.8. The summed E-state index contributed by atoms with van der Waals surface area (Å²) in [6.07, 6.45) is 1.18. The molecule has 1 unspecified atom stereocenters. The van der Waals surface area contributed by atoms with Crippen molar-refractivity contribution in [3.8, 4) is 0 Å². The van der Waals surface area contributed by atoms with Gasteiger partial charge in [-0.3, -0.25) is 9.69 Å². The standard InChI is InChI=1S/C28H31N3O3/c1-34-28(33)27(23-10-6-3-7-11-23)31-20-18-30(19-21-31)25-15-13-24(14-16-25)29-26(32)17-12-22-8-4-2-5-9-22/h2-11,13-16,27H,12,17-21H2,1H3,(H,29,32). The number of aryl methyl sites for hydroxylation is 1. The number of piperazine rings is 1. The Labute approximate surface area is 201 Å². The van der Waals surface area contributed by atoms with Gasteiger partial charge in [-0.25, -0.2) is 4.79 Å². The summed E-state index contributed by atoms with van der Waals surface area (Å²) >= 11 is 0. The number of amides is 1. The molecular weight excluding hydrogens is 426 g/mol. The van der Waals surface area contributed by atoms with Crippen molar-refractivity contribution in [1.29, 1.82) is 0 Å². The lowest BCUT2D eigenvalue weighted by Crippen LogP contribution is -2.49. The molecule has 4 rings (SSSR count). The molecule has 1 aliphatic rings. The minimum atomic E-state index is -0.387. The zero-order valence-corrected chi connectivity index (χ0v) is 19.5. The Bertz CT molecular complexity index is 1060. The lowest BCUT2D eigenvalue weighted by Gasteiger charge is -2.39. The van der Waals surface area contributed by atoms with Crippen LogP contribution in [-0.4, -0.2) is 50.1 Å². The van der Waals surface area contributed by atoms with Crippen molar-refractivity contribution < 1.29 is 14.3 Å². The Morgan fingerprint density at radius 3 is 2.09 bits per heavy atom. The molecule has 6 heteroatoms. The molecule has 0 radical (unpaired) electrons. The highest BCUT2D eigenvalue weighted by Crippen LogP contribution is 2.26. The van der Waals surface area contributed by atoms with Gasteiger partial charge in [0.2, 0.25) is 5.91 Å². The summed E-state index contributed by atoms with van der Waals surface area (Å²) in [5.41, 5.74) is 4.02. The average molecular weight is 458 g/mol. The van der Waals surface area contributed by atoms with Crippen LogP contribution in [0, 0.1) is 0 Å². The molecule has 1 aliphatic heterocycles. The predicted octanol–water partition coefficient (Wildman–Crippen LogP) is 4.29. The minimum Gasteiger partial charge on any atom is -0.468 e. The predicted molar refractivity (Wildman–Crippen MR) is 135 cm³/mol. The number of nitrogens with one attached hydrogen (secondary N) is 1. The summed E-state index contributed by atoms with van der Waals surface area (Å²) in [5, 5.41) is 2.98. The van der Waals surface area contributed by atoms with E-state index in [9.17, 15) is 9.59 Å². The highest BCUT2D eigenvalue weighted by atomic mass is 16.5. The fourth-order valence-corrected chi connectivity index (χ4v) is 4.36. The smallest absolute Gasteiger partial charge is 0.327 e. The topological polar surface area (TPSA) is 61.9 Å². The van der Waals surface area contributed by atoms with E-state index in [4.69, 9.17) is 4.74 Å². The maximum Gasteiger partial charge on any atom is 0.327 e. The molecule has 0 bridgehead atoms. The van der Waals surface area contributed by atoms with Crippen LogP contribution in [0.15, 0.2) is 84.9 Å². The number of esters is 1. The Balaban J connectivity index is 1.30. The van der Waals surface area contributed by atoms with Gasteiger partial charge >= 0.3 is 5.97 Å². The number of benzene rings is 3. The molecule has 3 aromatic carbocycles. The summed E-state index contributed by atoms with van der Waals surface area (Å²) in [6, 6.07) is 27.4. The maximum atomic E-state index is 12.5. The highest BCUT2D eigenvalue weighted by molar-refractivity contribution is 5.91. The first kappa shape index (κ1) is 23.5. The summed E-state index contributed by atoms with van der Waals surface area (Å²) in [6.45, 7) is 3.13. The van der Waals surface area contributed by atoms with Crippen LogP contribution in [0.2, 0.25) is 0 Å². The number of rotatable bonds is 8. The third kappa shape index (κ3) is 6.02. The van der Waals surface area contributed by atoms with Gasteiger partial charge in [0.05, 0.1) is 7.11 Å². The second kappa shape index (κ2) is 11.5. The molecule has 0 saturated carbocycles. The molecule has 1 fully saturated rings. The van der Waals surface area contributed by atoms with Gasteiger partial charge in [0.25, 0.3) is 0 Å². The molecule has 1 heterocycles. The molecular formula is C28H31N3O3. The minimum absolute atomic E-state index is 0.0139. The number of anilines is 2. The van der Waals surface area contributed by atoms with Gasteiger partial charge in [-0.05, 0) is 41.8 Å². The van der Waals surface area contributed by atoms with Crippen LogP contribution in [-0.2, 0) is 20.7 Å². The SMILES string of the molecule is COC(=O)C(c1ccccc1)N1CCN(c2ccc(NC(=O)CCc3ccccc3)cc2)CC1. The summed E-state index contributed by atoms with van der Waals surface area (Å²) in [7, 11) is 1.44. The molecule has 1 N–H and O–H groups in total. The van der Waals surface area contributed by atoms with E-state index in [0.29, 0.717) is 6.42 Å². The lowest BCUT2D eigenvalue weighted by atomic mass is 10.0. The van der Waals surface area contributed by atoms with Crippen LogP contribution in [0.4, 0.5) is 11.4 Å². The van der Waals surface area contributed by atoms with Gasteiger partial charge in [0.1, 0.15) is 6.04 Å². The average Bonchev–Trinajstić information content (AvgIpc) is 2.90. The quantitative estimate of drug-likeness (QED) is 0.511. The largest absolute Gasteiger partial charge is 0.468 e. The zero-order valence-electron chi connectivity index (χ0n) is 19.5. The van der Waals surface area contributed by atoms with Gasteiger partial charge in [-0.1, -0.05) is 60.7 Å². The van der Waals surface area contributed by atoms with E-state index in [0.717, 1.165) is 55.1 Å². The van der Waals surface area contributed by atoms with E-state index in [1.54, 1.807) is 0 Å². The Kier molecular flexibility index (Phi) is 7.94. The van der Waals surface area contributed by atoms with E-state index in [2.05, 4.69) is 15.1 Å². The number of methoxy groups -OCH3 is 1. The maximum absolute atomic E-state index is 12.5. The molecule has 0 aliphatic carbocycles. The molecule has 1 atom stereocenters. The van der Waals surface area contributed by atoms with Crippen molar-refractivity contribution in [3.05, 3.63) is 96.1 Å². The molecule has 176 valence electrons. The van der Waals surface area contributed by atoms with E-state index < -0.39 is 0 Å². The van der Waals surface area contributed by atoms with Crippen LogP contribution in [0.1, 0.15) is 23.6 Å². The number of hydrogen-bond acceptors (Lipinski definition) is 5. The van der Waals surface area contributed by atoms with E-state index in [1.165, 1.54) is 7.11 Å². The van der Waals surface area contributed by atoms with Crippen LogP contribution in [0.3, 0.4) is 0 Å². The molecule has 34 heavy (non-hydrogen) atoms. The first-order valence-electron chi connectivity index (χ1n) is 11.7. The van der Waals surface area contributed by atoms with E-state index in [-0.39, 0.29) is 17.9 Å². The first-order chi connectivity index (χ1) is 16.6. The first-order valence-corrected chi connectivity index (χ1v) is 11.7. The molecule has 0 aromatic heterocycles. The van der Waals surface area contributed by atoms with Crippen LogP contribution >= 0.6 is 0 Å². The number of carbonyl (C=O) groups excluding carboxylic acids is 2. The number of hydrogen-bond donors (Lipinski definition) is 1. The third-order valence-corrected chi connectivity index (χ3v) is 6.22. The number of nitrogens with zero attached hydrogens (tertiary/aromatic N) is 2. The number of carbonyl (C=O) groups is 2. The van der Waals surface area contributed by atoms with Crippen molar-refractivity contribution in [1.82, 2.24) is 4.90 Å². The van der Waals surface area contributed by atoms with Gasteiger partial charge in [0, 0.05) is 44.0 Å². The highest BCUT2D eigenvalue weighted by Gasteiger charge is 2.31. The van der Waals surface area contributed by atoms with E-state index in [1.807, 2.05) is 84.9 Å². The Morgan fingerprint density at radius 1 is 0.853 bits per heavy atom. The van der Waals surface area contributed by atoms with E-state index >= 15 is 0 Å². The van der Waals surface area contributed by atoms with Crippen LogP contribution in [0.5, 0.6) is 0 Å². The van der Waals surface area contributed by atoms with Crippen LogP contribution < -0.4 is 10.2 Å². The summed E-state index contributed by atoms with van der Waals surface area (Å²) in [5.74, 6) is -0.216. The van der Waals surface area contributed by atoms with Crippen molar-refractivity contribution in [2.24, 2.45) is 0 Å².